The van der Waals surface area contributed by atoms with Gasteiger partial charge in [-0.3, -0.25) is 9.69 Å². The Balaban J connectivity index is 1.67. The molecule has 0 spiro atoms. The Morgan fingerprint density at radius 2 is 2.00 bits per heavy atom. The molecule has 0 saturated carbocycles. The Hall–Kier alpha value is -2.15. The summed E-state index contributed by atoms with van der Waals surface area (Å²) in [6.07, 6.45) is 0. The van der Waals surface area contributed by atoms with Gasteiger partial charge in [-0.15, -0.1) is 0 Å². The molecule has 1 fully saturated rings. The molecule has 2 aromatic carbocycles. The lowest BCUT2D eigenvalue weighted by Gasteiger charge is -2.32. The Bertz CT molecular complexity index is 827. The van der Waals surface area contributed by atoms with Crippen molar-refractivity contribution in [2.24, 2.45) is 0 Å². The minimum Gasteiger partial charge on any atom is -0.378 e. The summed E-state index contributed by atoms with van der Waals surface area (Å²) in [7, 11) is 1.91. The van der Waals surface area contributed by atoms with Crippen molar-refractivity contribution in [1.82, 2.24) is 4.90 Å². The minimum absolute atomic E-state index is 0.181. The fourth-order valence-corrected chi connectivity index (χ4v) is 3.41. The molecule has 1 saturated heterocycles. The van der Waals surface area contributed by atoms with E-state index in [0.717, 1.165) is 31.9 Å². The summed E-state index contributed by atoms with van der Waals surface area (Å²) in [5.74, 6) is -0.632. The highest BCUT2D eigenvalue weighted by Crippen LogP contribution is 2.25. The third-order valence-corrected chi connectivity index (χ3v) is 5.31. The average molecular weight is 406 g/mol. The molecular formula is C21H25ClFN3O2. The van der Waals surface area contributed by atoms with Gasteiger partial charge in [0.25, 0.3) is 0 Å². The first kappa shape index (κ1) is 20.6. The van der Waals surface area contributed by atoms with Crippen molar-refractivity contribution in [2.45, 2.75) is 19.5 Å². The second kappa shape index (κ2) is 9.37. The molecule has 150 valence electrons. The van der Waals surface area contributed by atoms with Crippen LogP contribution >= 0.6 is 11.6 Å². The summed E-state index contributed by atoms with van der Waals surface area (Å²) in [5.41, 5.74) is 2.74. The predicted octanol–water partition coefficient (Wildman–Crippen LogP) is 3.77. The zero-order chi connectivity index (χ0) is 20.1. The van der Waals surface area contributed by atoms with Crippen LogP contribution in [-0.4, -0.2) is 50.2 Å². The molecule has 7 heteroatoms. The number of hydrogen-bond donors (Lipinski definition) is 1. The lowest BCUT2D eigenvalue weighted by atomic mass is 10.1. The molecule has 28 heavy (non-hydrogen) atoms. The number of ether oxygens (including phenoxy) is 1. The van der Waals surface area contributed by atoms with E-state index in [1.165, 1.54) is 23.9 Å². The number of morpholine rings is 1. The summed E-state index contributed by atoms with van der Waals surface area (Å²) < 4.78 is 18.6. The van der Waals surface area contributed by atoms with Crippen LogP contribution in [0.15, 0.2) is 42.5 Å². The number of likely N-dealkylation sites (N-methyl/N-ethyl adjacent to an activating group) is 1. The molecule has 1 atom stereocenters. The molecule has 1 heterocycles. The van der Waals surface area contributed by atoms with Gasteiger partial charge in [-0.05, 0) is 43.8 Å². The molecule has 0 bridgehead atoms. The highest BCUT2D eigenvalue weighted by atomic mass is 35.5. The van der Waals surface area contributed by atoms with Gasteiger partial charge in [0.2, 0.25) is 5.91 Å². The molecule has 1 amide bonds. The number of hydrogen-bond acceptors (Lipinski definition) is 4. The molecule has 2 aromatic rings. The van der Waals surface area contributed by atoms with Crippen molar-refractivity contribution in [3.8, 4) is 0 Å². The van der Waals surface area contributed by atoms with Crippen LogP contribution in [0.5, 0.6) is 0 Å². The summed E-state index contributed by atoms with van der Waals surface area (Å²) in [5, 5.41) is 2.96. The van der Waals surface area contributed by atoms with Crippen LogP contribution in [0.4, 0.5) is 15.8 Å². The van der Waals surface area contributed by atoms with Crippen LogP contribution in [0.2, 0.25) is 5.02 Å². The summed E-state index contributed by atoms with van der Waals surface area (Å²) >= 11 is 6.01. The minimum atomic E-state index is -0.437. The van der Waals surface area contributed by atoms with E-state index < -0.39 is 5.82 Å². The van der Waals surface area contributed by atoms with Gasteiger partial charge < -0.3 is 15.0 Å². The lowest BCUT2D eigenvalue weighted by Crippen LogP contribution is -2.40. The van der Waals surface area contributed by atoms with Gasteiger partial charge in [0, 0.05) is 25.3 Å². The van der Waals surface area contributed by atoms with Crippen LogP contribution in [0.3, 0.4) is 0 Å². The van der Waals surface area contributed by atoms with Crippen molar-refractivity contribution in [2.75, 3.05) is 43.6 Å². The SMILES string of the molecule is C[C@@H](C(=O)Nc1ccc(F)cc1Cl)N(C)Cc1ccccc1N1CCOCC1. The maximum atomic E-state index is 13.2. The number of carbonyl (C=O) groups is 1. The van der Waals surface area contributed by atoms with E-state index in [4.69, 9.17) is 16.3 Å². The first-order chi connectivity index (χ1) is 13.5. The van der Waals surface area contributed by atoms with Gasteiger partial charge in [-0.25, -0.2) is 4.39 Å². The van der Waals surface area contributed by atoms with Gasteiger partial charge in [0.1, 0.15) is 5.82 Å². The maximum absolute atomic E-state index is 13.2. The smallest absolute Gasteiger partial charge is 0.241 e. The van der Waals surface area contributed by atoms with Crippen molar-refractivity contribution in [3.05, 3.63) is 58.9 Å². The van der Waals surface area contributed by atoms with Crippen LogP contribution in [0.1, 0.15) is 12.5 Å². The van der Waals surface area contributed by atoms with Gasteiger partial charge in [-0.2, -0.15) is 0 Å². The fraction of sp³-hybridized carbons (Fsp3) is 0.381. The molecule has 1 aliphatic rings. The monoisotopic (exact) mass is 405 g/mol. The molecule has 1 N–H and O–H groups in total. The van der Waals surface area contributed by atoms with Crippen LogP contribution in [-0.2, 0) is 16.1 Å². The Morgan fingerprint density at radius 3 is 2.71 bits per heavy atom. The molecule has 0 aromatic heterocycles. The van der Waals surface area contributed by atoms with Gasteiger partial charge in [-0.1, -0.05) is 29.8 Å². The van der Waals surface area contributed by atoms with Crippen molar-refractivity contribution in [1.29, 1.82) is 0 Å². The number of para-hydroxylation sites is 1. The van der Waals surface area contributed by atoms with Gasteiger partial charge >= 0.3 is 0 Å². The maximum Gasteiger partial charge on any atom is 0.241 e. The highest BCUT2D eigenvalue weighted by molar-refractivity contribution is 6.33. The Kier molecular flexibility index (Phi) is 6.88. The summed E-state index contributed by atoms with van der Waals surface area (Å²) in [6, 6.07) is 11.8. The summed E-state index contributed by atoms with van der Waals surface area (Å²) in [6.45, 7) is 5.63. The van der Waals surface area contributed by atoms with E-state index in [1.807, 2.05) is 31.0 Å². The van der Waals surface area contributed by atoms with E-state index in [1.54, 1.807) is 0 Å². The number of halogens is 2. The third kappa shape index (κ3) is 5.01. The van der Waals surface area contributed by atoms with E-state index in [2.05, 4.69) is 22.3 Å². The molecule has 3 rings (SSSR count). The highest BCUT2D eigenvalue weighted by Gasteiger charge is 2.21. The average Bonchev–Trinajstić information content (AvgIpc) is 2.70. The largest absolute Gasteiger partial charge is 0.378 e. The van der Waals surface area contributed by atoms with E-state index in [0.29, 0.717) is 12.2 Å². The number of benzene rings is 2. The van der Waals surface area contributed by atoms with E-state index in [9.17, 15) is 9.18 Å². The van der Waals surface area contributed by atoms with Crippen molar-refractivity contribution in [3.63, 3.8) is 0 Å². The second-order valence-corrected chi connectivity index (χ2v) is 7.34. The molecule has 0 radical (unpaired) electrons. The zero-order valence-corrected chi connectivity index (χ0v) is 16.9. The molecule has 5 nitrogen and oxygen atoms in total. The van der Waals surface area contributed by atoms with Crippen LogP contribution in [0.25, 0.3) is 0 Å². The number of anilines is 2. The lowest BCUT2D eigenvalue weighted by molar-refractivity contribution is -0.120. The van der Waals surface area contributed by atoms with E-state index >= 15 is 0 Å². The fourth-order valence-electron chi connectivity index (χ4n) is 3.19. The van der Waals surface area contributed by atoms with Gasteiger partial charge in [0.05, 0.1) is 30.0 Å². The second-order valence-electron chi connectivity index (χ2n) is 6.93. The molecule has 0 unspecified atom stereocenters. The van der Waals surface area contributed by atoms with Crippen molar-refractivity contribution < 1.29 is 13.9 Å². The number of amides is 1. The Morgan fingerprint density at radius 1 is 1.29 bits per heavy atom. The van der Waals surface area contributed by atoms with E-state index in [-0.39, 0.29) is 17.0 Å². The number of rotatable bonds is 6. The summed E-state index contributed by atoms with van der Waals surface area (Å²) in [4.78, 5) is 16.9. The van der Waals surface area contributed by atoms with Crippen molar-refractivity contribution >= 4 is 28.9 Å². The molecule has 1 aliphatic heterocycles. The predicted molar refractivity (Wildman–Crippen MR) is 110 cm³/mol. The van der Waals surface area contributed by atoms with Crippen LogP contribution in [0, 0.1) is 5.82 Å². The van der Waals surface area contributed by atoms with Gasteiger partial charge in [0.15, 0.2) is 0 Å². The number of nitrogens with zero attached hydrogens (tertiary/aromatic N) is 2. The first-order valence-corrected chi connectivity index (χ1v) is 9.70. The number of carbonyl (C=O) groups excluding carboxylic acids is 1. The molecule has 0 aliphatic carbocycles. The number of nitrogens with one attached hydrogen (secondary N) is 1. The zero-order valence-electron chi connectivity index (χ0n) is 16.1. The van der Waals surface area contributed by atoms with Crippen LogP contribution < -0.4 is 10.2 Å². The first-order valence-electron chi connectivity index (χ1n) is 9.32. The third-order valence-electron chi connectivity index (χ3n) is 4.99. The Labute approximate surface area is 170 Å². The quantitative estimate of drug-likeness (QED) is 0.794. The standard InChI is InChI=1S/C21H25ClFN3O2/c1-15(21(27)24-19-8-7-17(23)13-18(19)22)25(2)14-16-5-3-4-6-20(16)26-9-11-28-12-10-26/h3-8,13,15H,9-12,14H2,1-2H3,(H,24,27)/t15-/m0/s1. The normalized spacial score (nSPS) is 15.5. The molecular weight excluding hydrogens is 381 g/mol. The topological polar surface area (TPSA) is 44.8 Å².